The molecule has 0 unspecified atom stereocenters. The number of carbonyl (C=O) groups excluding carboxylic acids is 1. The highest BCUT2D eigenvalue weighted by Crippen LogP contribution is 2.12. The Bertz CT molecular complexity index is 458. The quantitative estimate of drug-likeness (QED) is 0.469. The standard InChI is InChI=1S/C8H12BrN5O5/c9-7-10-8(14(18)19)11-13(7)5-6(17)12(1-3-15)2-4-16/h15-16H,1-5H2. The number of hydrogen-bond donors (Lipinski definition) is 2. The molecular formula is C8H12BrN5O5. The fourth-order valence-corrected chi connectivity index (χ4v) is 1.68. The minimum absolute atomic E-state index is 0.0560. The molecule has 0 aliphatic carbocycles. The first-order valence-corrected chi connectivity index (χ1v) is 6.03. The summed E-state index contributed by atoms with van der Waals surface area (Å²) in [5.74, 6) is -1.06. The summed E-state index contributed by atoms with van der Waals surface area (Å²) >= 11 is 2.96. The van der Waals surface area contributed by atoms with E-state index in [9.17, 15) is 14.9 Å². The van der Waals surface area contributed by atoms with Crippen LogP contribution in [0.2, 0.25) is 0 Å². The minimum Gasteiger partial charge on any atom is -0.395 e. The van der Waals surface area contributed by atoms with E-state index in [2.05, 4.69) is 26.0 Å². The number of rotatable bonds is 7. The lowest BCUT2D eigenvalue weighted by Gasteiger charge is -2.19. The molecule has 106 valence electrons. The zero-order chi connectivity index (χ0) is 14.4. The Morgan fingerprint density at radius 1 is 1.42 bits per heavy atom. The predicted octanol–water partition coefficient (Wildman–Crippen LogP) is -1.24. The summed E-state index contributed by atoms with van der Waals surface area (Å²) in [4.78, 5) is 26.3. The minimum atomic E-state index is -0.773. The molecule has 0 bridgehead atoms. The van der Waals surface area contributed by atoms with Crippen LogP contribution < -0.4 is 0 Å². The van der Waals surface area contributed by atoms with E-state index < -0.39 is 16.8 Å². The maximum absolute atomic E-state index is 11.8. The topological polar surface area (TPSA) is 135 Å². The smallest absolute Gasteiger partial charge is 0.395 e. The highest BCUT2D eigenvalue weighted by Gasteiger charge is 2.23. The van der Waals surface area contributed by atoms with Gasteiger partial charge in [0.1, 0.15) is 6.54 Å². The van der Waals surface area contributed by atoms with Gasteiger partial charge in [-0.05, 0) is 9.91 Å². The number of nitro groups is 1. The number of aliphatic hydroxyl groups is 2. The van der Waals surface area contributed by atoms with Gasteiger partial charge in [-0.15, -0.1) is 0 Å². The Balaban J connectivity index is 2.77. The van der Waals surface area contributed by atoms with Crippen LogP contribution in [0.4, 0.5) is 5.95 Å². The van der Waals surface area contributed by atoms with Crippen molar-refractivity contribution in [3.8, 4) is 0 Å². The molecule has 0 atom stereocenters. The molecule has 19 heavy (non-hydrogen) atoms. The van der Waals surface area contributed by atoms with E-state index in [0.717, 1.165) is 4.68 Å². The number of hydrogen-bond acceptors (Lipinski definition) is 7. The molecule has 10 nitrogen and oxygen atoms in total. The van der Waals surface area contributed by atoms with Crippen molar-refractivity contribution in [2.45, 2.75) is 6.54 Å². The van der Waals surface area contributed by atoms with Crippen LogP contribution in [0.25, 0.3) is 0 Å². The molecule has 0 fully saturated rings. The Hall–Kier alpha value is -1.59. The van der Waals surface area contributed by atoms with Crippen LogP contribution in [-0.4, -0.2) is 67.0 Å². The largest absolute Gasteiger partial charge is 0.492 e. The third kappa shape index (κ3) is 4.22. The van der Waals surface area contributed by atoms with Gasteiger partial charge < -0.3 is 25.2 Å². The number of carbonyl (C=O) groups is 1. The molecule has 1 aromatic rings. The summed E-state index contributed by atoms with van der Waals surface area (Å²) < 4.78 is 1.09. The van der Waals surface area contributed by atoms with Crippen LogP contribution in [0.15, 0.2) is 4.73 Å². The molecule has 11 heteroatoms. The second kappa shape index (κ2) is 7.11. The van der Waals surface area contributed by atoms with Crippen LogP contribution in [0.5, 0.6) is 0 Å². The lowest BCUT2D eigenvalue weighted by atomic mass is 10.4. The van der Waals surface area contributed by atoms with Crippen molar-refractivity contribution in [1.82, 2.24) is 19.7 Å². The average molecular weight is 338 g/mol. The normalized spacial score (nSPS) is 10.5. The van der Waals surface area contributed by atoms with E-state index in [1.54, 1.807) is 0 Å². The van der Waals surface area contributed by atoms with Gasteiger partial charge in [-0.25, -0.2) is 0 Å². The van der Waals surface area contributed by atoms with E-state index in [1.807, 2.05) is 0 Å². The van der Waals surface area contributed by atoms with Crippen molar-refractivity contribution in [2.24, 2.45) is 0 Å². The monoisotopic (exact) mass is 337 g/mol. The first kappa shape index (κ1) is 15.5. The zero-order valence-electron chi connectivity index (χ0n) is 9.77. The van der Waals surface area contributed by atoms with Gasteiger partial charge in [0.25, 0.3) is 4.73 Å². The predicted molar refractivity (Wildman–Crippen MR) is 65.1 cm³/mol. The van der Waals surface area contributed by atoms with E-state index in [1.165, 1.54) is 4.90 Å². The van der Waals surface area contributed by atoms with Gasteiger partial charge in [0.2, 0.25) is 5.91 Å². The molecule has 1 aromatic heterocycles. The molecule has 0 aromatic carbocycles. The van der Waals surface area contributed by atoms with Gasteiger partial charge >= 0.3 is 5.95 Å². The van der Waals surface area contributed by atoms with Gasteiger partial charge in [0.05, 0.1) is 13.2 Å². The lowest BCUT2D eigenvalue weighted by molar-refractivity contribution is -0.394. The second-order valence-corrected chi connectivity index (χ2v) is 4.13. The molecular weight excluding hydrogens is 326 g/mol. The fraction of sp³-hybridized carbons (Fsp3) is 0.625. The van der Waals surface area contributed by atoms with Gasteiger partial charge in [-0.2, -0.15) is 4.68 Å². The molecule has 1 amide bonds. The number of aromatic nitrogens is 3. The van der Waals surface area contributed by atoms with Crippen molar-refractivity contribution >= 4 is 27.8 Å². The molecule has 0 aliphatic heterocycles. The number of nitrogens with zero attached hydrogens (tertiary/aromatic N) is 5. The van der Waals surface area contributed by atoms with Crippen molar-refractivity contribution < 1.29 is 19.9 Å². The summed E-state index contributed by atoms with van der Waals surface area (Å²) in [7, 11) is 0. The van der Waals surface area contributed by atoms with Crippen LogP contribution >= 0.6 is 15.9 Å². The summed E-state index contributed by atoms with van der Waals surface area (Å²) in [6.07, 6.45) is 0. The third-order valence-corrected chi connectivity index (χ3v) is 2.74. The van der Waals surface area contributed by atoms with Crippen LogP contribution in [0.1, 0.15) is 0 Å². The van der Waals surface area contributed by atoms with E-state index in [0.29, 0.717) is 0 Å². The van der Waals surface area contributed by atoms with Gasteiger partial charge in [0, 0.05) is 34.1 Å². The molecule has 1 rings (SSSR count). The van der Waals surface area contributed by atoms with Gasteiger partial charge in [-0.1, -0.05) is 0 Å². The van der Waals surface area contributed by atoms with Crippen LogP contribution in [-0.2, 0) is 11.3 Å². The SMILES string of the molecule is O=C(Cn1nc([N+](=O)[O-])nc1Br)N(CCO)CCO. The molecule has 0 radical (unpaired) electrons. The van der Waals surface area contributed by atoms with Crippen LogP contribution in [0, 0.1) is 10.1 Å². The average Bonchev–Trinajstić information content (AvgIpc) is 2.71. The van der Waals surface area contributed by atoms with Crippen molar-refractivity contribution in [1.29, 1.82) is 0 Å². The second-order valence-electron chi connectivity index (χ2n) is 3.42. The van der Waals surface area contributed by atoms with E-state index in [-0.39, 0.29) is 37.6 Å². The summed E-state index contributed by atoms with van der Waals surface area (Å²) in [6.45, 7) is -0.641. The molecule has 0 spiro atoms. The van der Waals surface area contributed by atoms with Gasteiger partial charge in [-0.3, -0.25) is 4.79 Å². The number of halogens is 1. The molecule has 0 saturated heterocycles. The maximum Gasteiger partial charge on any atom is 0.492 e. The Morgan fingerprint density at radius 3 is 2.42 bits per heavy atom. The maximum atomic E-state index is 11.8. The first-order valence-electron chi connectivity index (χ1n) is 5.23. The Morgan fingerprint density at radius 2 is 2.00 bits per heavy atom. The van der Waals surface area contributed by atoms with Gasteiger partial charge in [0.15, 0.2) is 0 Å². The van der Waals surface area contributed by atoms with Crippen LogP contribution in [0.3, 0.4) is 0 Å². The molecule has 0 aliphatic rings. The number of amides is 1. The van der Waals surface area contributed by atoms with Crippen molar-refractivity contribution in [2.75, 3.05) is 26.3 Å². The Labute approximate surface area is 115 Å². The molecule has 2 N–H and O–H groups in total. The summed E-state index contributed by atoms with van der Waals surface area (Å²) in [5, 5.41) is 31.6. The fourth-order valence-electron chi connectivity index (χ4n) is 1.32. The third-order valence-electron chi connectivity index (χ3n) is 2.16. The lowest BCUT2D eigenvalue weighted by Crippen LogP contribution is -2.38. The summed E-state index contributed by atoms with van der Waals surface area (Å²) in [6, 6.07) is 0. The van der Waals surface area contributed by atoms with Crippen molar-refractivity contribution in [3.63, 3.8) is 0 Å². The van der Waals surface area contributed by atoms with E-state index >= 15 is 0 Å². The first-order chi connectivity index (χ1) is 8.99. The number of aliphatic hydroxyl groups excluding tert-OH is 2. The van der Waals surface area contributed by atoms with E-state index in [4.69, 9.17) is 10.2 Å². The highest BCUT2D eigenvalue weighted by atomic mass is 79.9. The summed E-state index contributed by atoms with van der Waals surface area (Å²) in [5.41, 5.74) is 0. The zero-order valence-corrected chi connectivity index (χ0v) is 11.4. The van der Waals surface area contributed by atoms with Crippen molar-refractivity contribution in [3.05, 3.63) is 14.8 Å². The molecule has 0 saturated carbocycles. The highest BCUT2D eigenvalue weighted by molar-refractivity contribution is 9.10. The Kier molecular flexibility index (Phi) is 5.79. The molecule has 1 heterocycles.